The lowest BCUT2D eigenvalue weighted by Crippen LogP contribution is -2.17. The van der Waals surface area contributed by atoms with Crippen molar-refractivity contribution in [1.82, 2.24) is 0 Å². The highest BCUT2D eigenvalue weighted by atomic mass is 16.4. The Balaban J connectivity index is 2.34. The van der Waals surface area contributed by atoms with Crippen LogP contribution in [0.3, 0.4) is 0 Å². The summed E-state index contributed by atoms with van der Waals surface area (Å²) in [6.45, 7) is 0. The van der Waals surface area contributed by atoms with Gasteiger partial charge in [0.25, 0.3) is 0 Å². The van der Waals surface area contributed by atoms with Gasteiger partial charge in [0.1, 0.15) is 5.58 Å². The van der Waals surface area contributed by atoms with Crippen LogP contribution in [0.1, 0.15) is 16.8 Å². The number of furan rings is 1. The minimum Gasteiger partial charge on any atom is -0.475 e. The van der Waals surface area contributed by atoms with E-state index in [1.165, 1.54) is 12.3 Å². The zero-order valence-electron chi connectivity index (χ0n) is 8.67. The van der Waals surface area contributed by atoms with Gasteiger partial charge in [-0.25, -0.2) is 4.79 Å². The van der Waals surface area contributed by atoms with E-state index in [9.17, 15) is 14.4 Å². The summed E-state index contributed by atoms with van der Waals surface area (Å²) in [7, 11) is 0. The average Bonchev–Trinajstić information content (AvgIpc) is 2.76. The molecule has 0 saturated heterocycles. The number of benzene rings is 1. The van der Waals surface area contributed by atoms with E-state index in [0.717, 1.165) is 0 Å². The largest absolute Gasteiger partial charge is 0.475 e. The first-order valence-corrected chi connectivity index (χ1v) is 4.85. The van der Waals surface area contributed by atoms with Crippen molar-refractivity contribution >= 4 is 28.5 Å². The molecule has 0 bridgehead atoms. The molecule has 0 aliphatic carbocycles. The Labute approximate surface area is 95.6 Å². The fourth-order valence-electron chi connectivity index (χ4n) is 1.55. The number of fused-ring (bicyclic) bond motifs is 1. The minimum absolute atomic E-state index is 0.297. The monoisotopic (exact) mass is 232 g/mol. The molecule has 86 valence electrons. The van der Waals surface area contributed by atoms with Crippen molar-refractivity contribution in [3.05, 3.63) is 36.1 Å². The number of carbonyl (C=O) groups excluding carboxylic acids is 2. The second-order valence-corrected chi connectivity index (χ2v) is 3.47. The Morgan fingerprint density at radius 3 is 2.65 bits per heavy atom. The number of Topliss-reactive ketones (excluding diaryl/α,β-unsaturated/α-hetero) is 2. The fraction of sp³-hybridized carbons (Fsp3) is 0.0833. The van der Waals surface area contributed by atoms with Gasteiger partial charge in [0.05, 0.1) is 12.7 Å². The molecule has 1 aromatic heterocycles. The van der Waals surface area contributed by atoms with Gasteiger partial charge >= 0.3 is 5.97 Å². The first-order valence-electron chi connectivity index (χ1n) is 4.85. The van der Waals surface area contributed by atoms with E-state index in [2.05, 4.69) is 0 Å². The quantitative estimate of drug-likeness (QED) is 0.492. The van der Waals surface area contributed by atoms with Crippen molar-refractivity contribution in [3.8, 4) is 0 Å². The molecule has 0 amide bonds. The molecule has 1 heterocycles. The standard InChI is InChI=1S/C12H8O5/c13-9(6-10(14)12(15)16)7-2-1-3-11-8(7)4-5-17-11/h1-5H,6H2,(H,15,16). The SMILES string of the molecule is O=C(O)C(=O)CC(=O)c1cccc2occc12. The molecule has 0 radical (unpaired) electrons. The minimum atomic E-state index is -1.60. The number of hydrogen-bond acceptors (Lipinski definition) is 4. The van der Waals surface area contributed by atoms with E-state index >= 15 is 0 Å². The van der Waals surface area contributed by atoms with Gasteiger partial charge < -0.3 is 9.52 Å². The van der Waals surface area contributed by atoms with Crippen LogP contribution in [0.15, 0.2) is 34.9 Å². The summed E-state index contributed by atoms with van der Waals surface area (Å²) < 4.78 is 5.11. The van der Waals surface area contributed by atoms with Crippen molar-refractivity contribution < 1.29 is 23.9 Å². The Kier molecular flexibility index (Phi) is 2.74. The maximum atomic E-state index is 11.7. The maximum Gasteiger partial charge on any atom is 0.372 e. The Morgan fingerprint density at radius 1 is 1.18 bits per heavy atom. The fourth-order valence-corrected chi connectivity index (χ4v) is 1.55. The highest BCUT2D eigenvalue weighted by Crippen LogP contribution is 2.21. The van der Waals surface area contributed by atoms with Gasteiger partial charge in [0.2, 0.25) is 5.78 Å². The van der Waals surface area contributed by atoms with E-state index in [0.29, 0.717) is 16.5 Å². The number of carbonyl (C=O) groups is 3. The summed E-state index contributed by atoms with van der Waals surface area (Å²) >= 11 is 0. The molecule has 5 heteroatoms. The van der Waals surface area contributed by atoms with E-state index in [1.54, 1.807) is 18.2 Å². The zero-order chi connectivity index (χ0) is 12.4. The molecule has 0 unspecified atom stereocenters. The van der Waals surface area contributed by atoms with Gasteiger partial charge in [-0.2, -0.15) is 0 Å². The molecule has 1 N–H and O–H groups in total. The normalized spacial score (nSPS) is 10.4. The van der Waals surface area contributed by atoms with Gasteiger partial charge in [-0.1, -0.05) is 12.1 Å². The van der Waals surface area contributed by atoms with Gasteiger partial charge in [0.15, 0.2) is 5.78 Å². The van der Waals surface area contributed by atoms with Crippen LogP contribution in [-0.2, 0) is 9.59 Å². The number of hydrogen-bond donors (Lipinski definition) is 1. The third-order valence-corrected chi connectivity index (χ3v) is 2.36. The highest BCUT2D eigenvalue weighted by molar-refractivity contribution is 6.37. The molecular weight excluding hydrogens is 224 g/mol. The molecule has 2 rings (SSSR count). The highest BCUT2D eigenvalue weighted by Gasteiger charge is 2.19. The summed E-state index contributed by atoms with van der Waals surface area (Å²) in [5, 5.41) is 9.01. The number of carboxylic acids is 1. The summed E-state index contributed by atoms with van der Waals surface area (Å²) in [6, 6.07) is 6.44. The van der Waals surface area contributed by atoms with E-state index < -0.39 is 24.0 Å². The lowest BCUT2D eigenvalue weighted by Gasteiger charge is -1.99. The number of aliphatic carboxylic acids is 1. The van der Waals surface area contributed by atoms with Crippen LogP contribution in [0.5, 0.6) is 0 Å². The molecule has 0 atom stereocenters. The molecule has 1 aromatic carbocycles. The zero-order valence-corrected chi connectivity index (χ0v) is 8.67. The summed E-state index contributed by atoms with van der Waals surface area (Å²) in [4.78, 5) is 33.1. The lowest BCUT2D eigenvalue weighted by atomic mass is 10.0. The summed E-state index contributed by atoms with van der Waals surface area (Å²) in [5.74, 6) is -3.24. The molecule has 0 saturated carbocycles. The van der Waals surface area contributed by atoms with Crippen molar-refractivity contribution in [2.75, 3.05) is 0 Å². The van der Waals surface area contributed by atoms with Gasteiger partial charge in [-0.15, -0.1) is 0 Å². The molecule has 0 fully saturated rings. The maximum absolute atomic E-state index is 11.7. The molecular formula is C12H8O5. The van der Waals surface area contributed by atoms with Crippen molar-refractivity contribution in [3.63, 3.8) is 0 Å². The van der Waals surface area contributed by atoms with Crippen molar-refractivity contribution in [2.45, 2.75) is 6.42 Å². The molecule has 0 spiro atoms. The number of rotatable bonds is 4. The van der Waals surface area contributed by atoms with Crippen LogP contribution >= 0.6 is 0 Å². The van der Waals surface area contributed by atoms with Crippen LogP contribution in [0.4, 0.5) is 0 Å². The Morgan fingerprint density at radius 2 is 1.94 bits per heavy atom. The summed E-state index contributed by atoms with van der Waals surface area (Å²) in [5.41, 5.74) is 0.824. The lowest BCUT2D eigenvalue weighted by molar-refractivity contribution is -0.148. The van der Waals surface area contributed by atoms with E-state index in [1.807, 2.05) is 0 Å². The second kappa shape index (κ2) is 4.21. The van der Waals surface area contributed by atoms with Crippen molar-refractivity contribution in [2.24, 2.45) is 0 Å². The molecule has 0 aliphatic rings. The smallest absolute Gasteiger partial charge is 0.372 e. The molecule has 5 nitrogen and oxygen atoms in total. The molecule has 17 heavy (non-hydrogen) atoms. The van der Waals surface area contributed by atoms with Crippen LogP contribution in [0, 0.1) is 0 Å². The average molecular weight is 232 g/mol. The number of carboxylic acid groups (broad SMARTS) is 1. The van der Waals surface area contributed by atoms with Crippen LogP contribution in [0.2, 0.25) is 0 Å². The van der Waals surface area contributed by atoms with Gasteiger partial charge in [-0.05, 0) is 12.1 Å². The topological polar surface area (TPSA) is 84.6 Å². The third kappa shape index (κ3) is 2.08. The van der Waals surface area contributed by atoms with Gasteiger partial charge in [0, 0.05) is 10.9 Å². The Bertz CT molecular complexity index is 608. The number of ketones is 2. The molecule has 0 aliphatic heterocycles. The van der Waals surface area contributed by atoms with Crippen LogP contribution < -0.4 is 0 Å². The predicted octanol–water partition coefficient (Wildman–Crippen LogP) is 1.66. The van der Waals surface area contributed by atoms with E-state index in [-0.39, 0.29) is 0 Å². The van der Waals surface area contributed by atoms with Crippen LogP contribution in [-0.4, -0.2) is 22.6 Å². The van der Waals surface area contributed by atoms with Crippen molar-refractivity contribution in [1.29, 1.82) is 0 Å². The van der Waals surface area contributed by atoms with Gasteiger partial charge in [-0.3, -0.25) is 9.59 Å². The second-order valence-electron chi connectivity index (χ2n) is 3.47. The molecule has 2 aromatic rings. The van der Waals surface area contributed by atoms with E-state index in [4.69, 9.17) is 9.52 Å². The van der Waals surface area contributed by atoms with Crippen LogP contribution in [0.25, 0.3) is 11.0 Å². The Hall–Kier alpha value is -2.43. The third-order valence-electron chi connectivity index (χ3n) is 2.36. The summed E-state index contributed by atoms with van der Waals surface area (Å²) in [6.07, 6.45) is 0.792. The predicted molar refractivity (Wildman–Crippen MR) is 57.8 cm³/mol. The first-order chi connectivity index (χ1) is 8.09. The first kappa shape index (κ1) is 11.1.